The lowest BCUT2D eigenvalue weighted by Crippen LogP contribution is -2.47. The Morgan fingerprint density at radius 1 is 1.15 bits per heavy atom. The molecule has 34 heavy (non-hydrogen) atoms. The van der Waals surface area contributed by atoms with Crippen LogP contribution in [-0.4, -0.2) is 41.3 Å². The minimum absolute atomic E-state index is 0.0425. The van der Waals surface area contributed by atoms with E-state index in [1.54, 1.807) is 12.1 Å². The number of carbonyl (C=O) groups is 1. The Morgan fingerprint density at radius 2 is 1.88 bits per heavy atom. The number of piperidine rings is 1. The van der Waals surface area contributed by atoms with E-state index >= 15 is 0 Å². The van der Waals surface area contributed by atoms with E-state index in [1.807, 2.05) is 18.0 Å². The highest BCUT2D eigenvalue weighted by Crippen LogP contribution is 2.44. The van der Waals surface area contributed by atoms with Crippen LogP contribution in [-0.2, 0) is 6.42 Å². The van der Waals surface area contributed by atoms with Crippen molar-refractivity contribution in [3.05, 3.63) is 70.5 Å². The number of nitrogens with zero attached hydrogens (tertiary/aromatic N) is 1. The highest BCUT2D eigenvalue weighted by Gasteiger charge is 2.31. The summed E-state index contributed by atoms with van der Waals surface area (Å²) in [5.41, 5.74) is 5.20. The van der Waals surface area contributed by atoms with Gasteiger partial charge in [-0.25, -0.2) is 9.18 Å². The van der Waals surface area contributed by atoms with Gasteiger partial charge in [0, 0.05) is 30.9 Å². The lowest BCUT2D eigenvalue weighted by atomic mass is 9.80. The topological polar surface area (TPSA) is 44.4 Å². The van der Waals surface area contributed by atoms with Crippen molar-refractivity contribution in [2.45, 2.75) is 76.0 Å². The van der Waals surface area contributed by atoms with Crippen molar-refractivity contribution in [2.24, 2.45) is 0 Å². The third-order valence-electron chi connectivity index (χ3n) is 7.28. The number of benzene rings is 2. The summed E-state index contributed by atoms with van der Waals surface area (Å²) in [6, 6.07) is 14.3. The number of fused-ring (bicyclic) bond motifs is 2. The number of amides is 2. The Bertz CT molecular complexity index is 976. The average molecular weight is 484 g/mol. The summed E-state index contributed by atoms with van der Waals surface area (Å²) in [5.74, 6) is 0.495. The molecule has 6 heteroatoms. The maximum absolute atomic E-state index is 14.2. The molecule has 0 radical (unpaired) electrons. The number of hydrogen-bond acceptors (Lipinski definition) is 3. The molecule has 2 aliphatic rings. The van der Waals surface area contributed by atoms with E-state index in [1.165, 1.54) is 16.7 Å². The van der Waals surface area contributed by atoms with Gasteiger partial charge < -0.3 is 10.6 Å². The minimum atomic E-state index is -0.141. The SMILES string of the molecule is CCCNC(=O)NC1CCN(SC(C)C[C@@H]2c3ccccc3Cc3ccc(F)cc3C2C)CC1. The summed E-state index contributed by atoms with van der Waals surface area (Å²) in [6.07, 6.45) is 4.84. The van der Waals surface area contributed by atoms with E-state index in [0.29, 0.717) is 11.2 Å². The number of halogens is 1. The second-order valence-corrected chi connectivity index (χ2v) is 11.4. The molecule has 0 spiro atoms. The molecule has 1 saturated heterocycles. The van der Waals surface area contributed by atoms with Gasteiger partial charge in [0.1, 0.15) is 5.82 Å². The maximum atomic E-state index is 14.2. The van der Waals surface area contributed by atoms with E-state index in [9.17, 15) is 9.18 Å². The summed E-state index contributed by atoms with van der Waals surface area (Å²) < 4.78 is 16.6. The lowest BCUT2D eigenvalue weighted by molar-refractivity contribution is 0.229. The zero-order chi connectivity index (χ0) is 24.1. The van der Waals surface area contributed by atoms with Crippen LogP contribution in [0.4, 0.5) is 9.18 Å². The normalized spacial score (nSPS) is 21.8. The summed E-state index contributed by atoms with van der Waals surface area (Å²) in [6.45, 7) is 9.33. The van der Waals surface area contributed by atoms with Gasteiger partial charge in [0.05, 0.1) is 0 Å². The van der Waals surface area contributed by atoms with Crippen LogP contribution < -0.4 is 10.6 Å². The summed E-state index contributed by atoms with van der Waals surface area (Å²) in [5, 5.41) is 6.47. The molecular weight excluding hydrogens is 445 g/mol. The molecule has 184 valence electrons. The van der Waals surface area contributed by atoms with Crippen molar-refractivity contribution < 1.29 is 9.18 Å². The zero-order valence-corrected chi connectivity index (χ0v) is 21.5. The number of nitrogens with one attached hydrogen (secondary N) is 2. The van der Waals surface area contributed by atoms with Gasteiger partial charge in [0.2, 0.25) is 0 Å². The van der Waals surface area contributed by atoms with E-state index in [0.717, 1.165) is 57.3 Å². The fourth-order valence-electron chi connectivity index (χ4n) is 5.47. The van der Waals surface area contributed by atoms with Gasteiger partial charge in [-0.3, -0.25) is 4.31 Å². The highest BCUT2D eigenvalue weighted by molar-refractivity contribution is 7.97. The molecule has 0 saturated carbocycles. The quantitative estimate of drug-likeness (QED) is 0.460. The lowest BCUT2D eigenvalue weighted by Gasteiger charge is -2.34. The molecular formula is C28H38FN3OS. The van der Waals surface area contributed by atoms with Gasteiger partial charge in [0.25, 0.3) is 0 Å². The fraction of sp³-hybridized carbons (Fsp3) is 0.536. The van der Waals surface area contributed by atoms with Crippen LogP contribution in [0.3, 0.4) is 0 Å². The Balaban J connectivity index is 1.38. The number of hydrogen-bond donors (Lipinski definition) is 2. The molecule has 2 N–H and O–H groups in total. The zero-order valence-electron chi connectivity index (χ0n) is 20.6. The first-order valence-corrected chi connectivity index (χ1v) is 13.6. The Morgan fingerprint density at radius 3 is 2.65 bits per heavy atom. The number of carbonyl (C=O) groups excluding carboxylic acids is 1. The summed E-state index contributed by atoms with van der Waals surface area (Å²) in [4.78, 5) is 12.0. The molecule has 0 bridgehead atoms. The molecule has 2 unspecified atom stereocenters. The van der Waals surface area contributed by atoms with Crippen LogP contribution in [0.15, 0.2) is 42.5 Å². The highest BCUT2D eigenvalue weighted by atomic mass is 32.2. The molecule has 1 aliphatic heterocycles. The van der Waals surface area contributed by atoms with E-state index in [2.05, 4.69) is 60.0 Å². The van der Waals surface area contributed by atoms with Crippen LogP contribution in [0.25, 0.3) is 0 Å². The standard InChI is InChI=1S/C28H38FN3OS/c1-4-13-30-28(33)31-24-11-14-32(15-12-24)34-19(2)16-27-20(3)26-18-23(29)10-9-22(26)17-21-7-5-6-8-25(21)27/h5-10,18-20,24,27H,4,11-17H2,1-3H3,(H2,30,31,33)/t19?,20?,27-/m0/s1. The van der Waals surface area contributed by atoms with Gasteiger partial charge in [-0.15, -0.1) is 0 Å². The maximum Gasteiger partial charge on any atom is 0.315 e. The molecule has 4 rings (SSSR count). The molecule has 2 aromatic carbocycles. The second-order valence-electron chi connectivity index (χ2n) is 9.87. The smallest absolute Gasteiger partial charge is 0.315 e. The molecule has 1 aliphatic carbocycles. The first-order valence-electron chi connectivity index (χ1n) is 12.8. The van der Waals surface area contributed by atoms with Gasteiger partial charge in [0.15, 0.2) is 0 Å². The van der Waals surface area contributed by atoms with Crippen molar-refractivity contribution in [3.63, 3.8) is 0 Å². The molecule has 3 atom stereocenters. The number of rotatable bonds is 7. The third-order valence-corrected chi connectivity index (χ3v) is 8.49. The van der Waals surface area contributed by atoms with Crippen molar-refractivity contribution in [2.75, 3.05) is 19.6 Å². The molecule has 2 aromatic rings. The molecule has 1 fully saturated rings. The Kier molecular flexibility index (Phi) is 8.54. The molecule has 1 heterocycles. The van der Waals surface area contributed by atoms with Gasteiger partial charge >= 0.3 is 6.03 Å². The fourth-order valence-corrected chi connectivity index (χ4v) is 6.69. The van der Waals surface area contributed by atoms with Crippen LogP contribution in [0.1, 0.15) is 80.5 Å². The van der Waals surface area contributed by atoms with Gasteiger partial charge in [-0.05, 0) is 78.3 Å². The monoisotopic (exact) mass is 483 g/mol. The van der Waals surface area contributed by atoms with Gasteiger partial charge in [-0.2, -0.15) is 0 Å². The van der Waals surface area contributed by atoms with Crippen LogP contribution in [0, 0.1) is 5.82 Å². The molecule has 4 nitrogen and oxygen atoms in total. The van der Waals surface area contributed by atoms with E-state index in [4.69, 9.17) is 0 Å². The minimum Gasteiger partial charge on any atom is -0.338 e. The van der Waals surface area contributed by atoms with Crippen LogP contribution in [0.2, 0.25) is 0 Å². The average Bonchev–Trinajstić information content (AvgIpc) is 2.94. The van der Waals surface area contributed by atoms with E-state index in [-0.39, 0.29) is 23.8 Å². The Hall–Kier alpha value is -2.05. The molecule has 0 aromatic heterocycles. The van der Waals surface area contributed by atoms with E-state index < -0.39 is 0 Å². The molecule has 2 amide bonds. The van der Waals surface area contributed by atoms with Crippen LogP contribution in [0.5, 0.6) is 0 Å². The van der Waals surface area contributed by atoms with Crippen molar-refractivity contribution in [1.82, 2.24) is 14.9 Å². The van der Waals surface area contributed by atoms with Gasteiger partial charge in [-0.1, -0.05) is 63.1 Å². The largest absolute Gasteiger partial charge is 0.338 e. The van der Waals surface area contributed by atoms with Crippen molar-refractivity contribution in [3.8, 4) is 0 Å². The third kappa shape index (κ3) is 6.14. The van der Waals surface area contributed by atoms with Crippen LogP contribution >= 0.6 is 11.9 Å². The second kappa shape index (κ2) is 11.6. The van der Waals surface area contributed by atoms with Crippen molar-refractivity contribution in [1.29, 1.82) is 0 Å². The Labute approximate surface area is 208 Å². The summed E-state index contributed by atoms with van der Waals surface area (Å²) in [7, 11) is 0. The first kappa shape index (κ1) is 25.1. The predicted molar refractivity (Wildman–Crippen MR) is 140 cm³/mol. The predicted octanol–water partition coefficient (Wildman–Crippen LogP) is 6.22. The summed E-state index contributed by atoms with van der Waals surface area (Å²) >= 11 is 1.95. The van der Waals surface area contributed by atoms with Crippen molar-refractivity contribution >= 4 is 18.0 Å². The first-order chi connectivity index (χ1) is 16.4. The number of urea groups is 1.